The van der Waals surface area contributed by atoms with E-state index < -0.39 is 0 Å². The molecule has 9 heteroatoms. The fraction of sp³-hybridized carbons (Fsp3) is 0.0882. The molecule has 0 aliphatic heterocycles. The molecule has 0 saturated heterocycles. The van der Waals surface area contributed by atoms with Gasteiger partial charge in [-0.2, -0.15) is 0 Å². The Hall–Kier alpha value is -9.86. The van der Waals surface area contributed by atoms with Crippen molar-refractivity contribution >= 4 is 99.5 Å². The van der Waals surface area contributed by atoms with Gasteiger partial charge in [-0.05, 0) is 155 Å². The van der Waals surface area contributed by atoms with Gasteiger partial charge in [-0.15, -0.1) is 0 Å². The van der Waals surface area contributed by atoms with Gasteiger partial charge in [-0.3, -0.25) is 13.7 Å². The Balaban J connectivity index is 1.01. The zero-order chi connectivity index (χ0) is 52.1. The third-order valence-corrected chi connectivity index (χ3v) is 15.3. The first-order valence-electron chi connectivity index (χ1n) is 26.2. The van der Waals surface area contributed by atoms with Crippen LogP contribution in [0.15, 0.2) is 213 Å². The summed E-state index contributed by atoms with van der Waals surface area (Å²) < 4.78 is 6.81. The molecular weight excluding hydrogens is 943 g/mol. The molecule has 0 aliphatic carbocycles. The highest BCUT2D eigenvalue weighted by Crippen LogP contribution is 2.47. The van der Waals surface area contributed by atoms with Crippen LogP contribution >= 0.6 is 0 Å². The molecule has 8 aromatic carbocycles. The quantitative estimate of drug-likeness (QED) is 0.143. The smallest absolute Gasteiger partial charge is 0.234 e. The van der Waals surface area contributed by atoms with Gasteiger partial charge in [0.1, 0.15) is 11.6 Å². The van der Waals surface area contributed by atoms with Crippen LogP contribution in [0.2, 0.25) is 0 Å². The molecule has 0 aliphatic rings. The minimum Gasteiger partial charge on any atom is -0.310 e. The number of benzene rings is 8. The summed E-state index contributed by atoms with van der Waals surface area (Å²) >= 11 is 0. The molecule has 77 heavy (non-hydrogen) atoms. The summed E-state index contributed by atoms with van der Waals surface area (Å²) in [5.74, 6) is 2.34. The number of fused-ring (bicyclic) bond motifs is 9. The zero-order valence-corrected chi connectivity index (χ0v) is 43.7. The van der Waals surface area contributed by atoms with Crippen LogP contribution in [0.1, 0.15) is 33.4 Å². The highest BCUT2D eigenvalue weighted by Gasteiger charge is 2.26. The molecule has 0 atom stereocenters. The molecule has 6 heterocycles. The summed E-state index contributed by atoms with van der Waals surface area (Å²) in [7, 11) is 0. The van der Waals surface area contributed by atoms with Crippen LogP contribution in [0.5, 0.6) is 0 Å². The van der Waals surface area contributed by atoms with Crippen LogP contribution in [-0.2, 0) is 0 Å². The number of nitrogens with zero attached hydrogens (tertiary/aromatic N) is 9. The van der Waals surface area contributed by atoms with E-state index in [0.717, 1.165) is 89.6 Å². The van der Waals surface area contributed by atoms with Crippen molar-refractivity contribution in [3.63, 3.8) is 0 Å². The van der Waals surface area contributed by atoms with Crippen molar-refractivity contribution in [3.8, 4) is 17.6 Å². The van der Waals surface area contributed by atoms with Gasteiger partial charge in [-0.1, -0.05) is 108 Å². The standard InChI is InChI=1S/C68H53N9/c1-42-34-44(3)66(45(4)35-42)73(48-22-26-54-52-16-7-9-18-58(52)75(60(54)38-48)64-20-11-13-30-69-64)50-24-28-56-57-29-25-51(41-63(57)77(62(56)40-50)68-71-32-15-33-72-68)74(67-46(5)36-43(2)37-47(67)6)49-23-27-55-53-17-8-10-19-59(53)76(61(55)39-49)65-21-12-14-31-70-65/h7-41H,1-6H3. The Morgan fingerprint density at radius 1 is 0.286 bits per heavy atom. The van der Waals surface area contributed by atoms with Crippen LogP contribution in [-0.4, -0.2) is 33.6 Å². The van der Waals surface area contributed by atoms with Gasteiger partial charge in [0.25, 0.3) is 0 Å². The Morgan fingerprint density at radius 3 is 0.974 bits per heavy atom. The van der Waals surface area contributed by atoms with Gasteiger partial charge in [-0.25, -0.2) is 19.9 Å². The first-order valence-corrected chi connectivity index (χ1v) is 26.2. The maximum absolute atomic E-state index is 4.97. The second-order valence-electron chi connectivity index (χ2n) is 20.4. The lowest BCUT2D eigenvalue weighted by Gasteiger charge is -2.29. The lowest BCUT2D eigenvalue weighted by molar-refractivity contribution is 0.988. The Bertz CT molecular complexity index is 4320. The normalized spacial score (nSPS) is 11.8. The Morgan fingerprint density at radius 2 is 0.610 bits per heavy atom. The molecule has 0 amide bonds. The van der Waals surface area contributed by atoms with E-state index in [4.69, 9.17) is 19.9 Å². The summed E-state index contributed by atoms with van der Waals surface area (Å²) in [5.41, 5.74) is 19.9. The molecule has 370 valence electrons. The molecule has 0 radical (unpaired) electrons. The molecule has 0 N–H and O–H groups in total. The van der Waals surface area contributed by atoms with E-state index in [1.807, 2.05) is 43.0 Å². The molecular formula is C68H53N9. The van der Waals surface area contributed by atoms with Crippen molar-refractivity contribution in [2.45, 2.75) is 41.5 Å². The van der Waals surface area contributed by atoms with Gasteiger partial charge in [0, 0.05) is 79.9 Å². The lowest BCUT2D eigenvalue weighted by Crippen LogP contribution is -2.14. The molecule has 14 rings (SSSR count). The number of rotatable bonds is 9. The minimum atomic E-state index is 0.591. The number of hydrogen-bond donors (Lipinski definition) is 0. The maximum Gasteiger partial charge on any atom is 0.234 e. The van der Waals surface area contributed by atoms with Crippen molar-refractivity contribution in [2.75, 3.05) is 9.80 Å². The molecule has 6 aromatic heterocycles. The summed E-state index contributed by atoms with van der Waals surface area (Å²) in [6, 6.07) is 67.9. The largest absolute Gasteiger partial charge is 0.310 e. The number of anilines is 6. The summed E-state index contributed by atoms with van der Waals surface area (Å²) in [5, 5.41) is 6.90. The van der Waals surface area contributed by atoms with Gasteiger partial charge in [0.15, 0.2) is 0 Å². The predicted octanol–water partition coefficient (Wildman–Crippen LogP) is 17.3. The highest BCUT2D eigenvalue weighted by molar-refractivity contribution is 6.14. The molecule has 0 fully saturated rings. The van der Waals surface area contributed by atoms with Crippen molar-refractivity contribution in [2.24, 2.45) is 0 Å². The zero-order valence-electron chi connectivity index (χ0n) is 43.7. The maximum atomic E-state index is 4.97. The van der Waals surface area contributed by atoms with Crippen molar-refractivity contribution in [1.29, 1.82) is 0 Å². The molecule has 9 nitrogen and oxygen atoms in total. The van der Waals surface area contributed by atoms with Crippen molar-refractivity contribution in [3.05, 3.63) is 246 Å². The fourth-order valence-corrected chi connectivity index (χ4v) is 12.4. The summed E-state index contributed by atoms with van der Waals surface area (Å²) in [6.45, 7) is 13.2. The summed E-state index contributed by atoms with van der Waals surface area (Å²) in [6.07, 6.45) is 7.39. The van der Waals surface area contributed by atoms with E-state index in [1.165, 1.54) is 54.9 Å². The monoisotopic (exact) mass is 995 g/mol. The molecule has 0 saturated carbocycles. The lowest BCUT2D eigenvalue weighted by atomic mass is 10.0. The van der Waals surface area contributed by atoms with Gasteiger partial charge < -0.3 is 9.80 Å². The van der Waals surface area contributed by atoms with E-state index in [1.54, 1.807) is 0 Å². The number of para-hydroxylation sites is 2. The van der Waals surface area contributed by atoms with E-state index >= 15 is 0 Å². The van der Waals surface area contributed by atoms with E-state index in [2.05, 4.69) is 235 Å². The SMILES string of the molecule is Cc1cc(C)c(N(c2ccc3c4ccccc4n(-c4ccccn4)c3c2)c2ccc3c4ccc(N(c5ccc6c7ccccc7n(-c7ccccn7)c6c5)c5c(C)cc(C)cc5C)cc4n(-c4ncccn4)c3c2)c(C)c1. The van der Waals surface area contributed by atoms with Gasteiger partial charge in [0.05, 0.1) is 44.5 Å². The molecule has 14 aromatic rings. The van der Waals surface area contributed by atoms with Crippen molar-refractivity contribution < 1.29 is 0 Å². The highest BCUT2D eigenvalue weighted by atomic mass is 15.2. The number of hydrogen-bond acceptors (Lipinski definition) is 6. The van der Waals surface area contributed by atoms with Crippen LogP contribution in [0.3, 0.4) is 0 Å². The van der Waals surface area contributed by atoms with Crippen LogP contribution < -0.4 is 9.80 Å². The average Bonchev–Trinajstić information content (AvgIpc) is 4.10. The number of pyridine rings is 2. The topological polar surface area (TPSA) is 72.8 Å². The third-order valence-electron chi connectivity index (χ3n) is 15.3. The van der Waals surface area contributed by atoms with Gasteiger partial charge in [0.2, 0.25) is 5.95 Å². The van der Waals surface area contributed by atoms with E-state index in [0.29, 0.717) is 5.95 Å². The number of aryl methyl sites for hydroxylation is 6. The third kappa shape index (κ3) is 7.37. The van der Waals surface area contributed by atoms with Crippen LogP contribution in [0.25, 0.3) is 83.0 Å². The molecule has 0 bridgehead atoms. The Labute approximate surface area is 446 Å². The average molecular weight is 996 g/mol. The van der Waals surface area contributed by atoms with Crippen LogP contribution in [0.4, 0.5) is 34.1 Å². The fourth-order valence-electron chi connectivity index (χ4n) is 12.4. The second kappa shape index (κ2) is 17.9. The van der Waals surface area contributed by atoms with Crippen LogP contribution in [0, 0.1) is 41.5 Å². The van der Waals surface area contributed by atoms with E-state index in [-0.39, 0.29) is 0 Å². The van der Waals surface area contributed by atoms with Gasteiger partial charge >= 0.3 is 0 Å². The first kappa shape index (κ1) is 45.7. The van der Waals surface area contributed by atoms with Crippen molar-refractivity contribution in [1.82, 2.24) is 33.6 Å². The molecule has 0 spiro atoms. The predicted molar refractivity (Wildman–Crippen MR) is 318 cm³/mol. The minimum absolute atomic E-state index is 0.591. The number of aromatic nitrogens is 7. The summed E-state index contributed by atoms with van der Waals surface area (Å²) in [4.78, 5) is 24.5. The van der Waals surface area contributed by atoms with E-state index in [9.17, 15) is 0 Å². The second-order valence-corrected chi connectivity index (χ2v) is 20.4. The molecule has 0 unspecified atom stereocenters. The first-order chi connectivity index (χ1) is 37.7. The Kier molecular flexibility index (Phi) is 10.6.